The molecule has 4 heterocycles. The molecule has 30 heteroatoms. The van der Waals surface area contributed by atoms with Crippen molar-refractivity contribution in [3.63, 3.8) is 0 Å². The maximum absolute atomic E-state index is 11.9. The van der Waals surface area contributed by atoms with Gasteiger partial charge in [-0.2, -0.15) is 67.3 Å². The Bertz CT molecular complexity index is 3950. The molecule has 8 aromatic rings. The van der Waals surface area contributed by atoms with Crippen molar-refractivity contribution in [3.8, 4) is 22.7 Å². The third kappa shape index (κ3) is 31.2. The van der Waals surface area contributed by atoms with E-state index in [1.54, 1.807) is 36.5 Å². The number of nitrogens with one attached hydrogen (secondary N) is 4. The van der Waals surface area contributed by atoms with Gasteiger partial charge in [0.25, 0.3) is 0 Å². The van der Waals surface area contributed by atoms with Crippen LogP contribution in [0, 0.1) is 45.6 Å². The third-order valence-electron chi connectivity index (χ3n) is 13.0. The number of ether oxygens (including phenoxy) is 4. The van der Waals surface area contributed by atoms with Crippen molar-refractivity contribution in [1.82, 2.24) is 80.8 Å². The van der Waals surface area contributed by atoms with E-state index in [4.69, 9.17) is 26.8 Å². The second-order valence-electron chi connectivity index (χ2n) is 19.2. The standard InChI is InChI=1S/C17H19N4O2.C16H19N4O2.2C15H17N4O2.CH4O.2CH4.CH3.5Y.2H2/c1-3-4-6-12(2)23-11-15-14(13-9-10-13)7-5-8-16(15)21-17(22)18-19-20-21;1-4-6-8-12(3)22-11-14-13(5-2)9-7-10-15(14)20-16(21)17-18-19-20;2*1-4-5-8-12(3)21-10-13-11(2)7-6-9-14(13)19-15(20)16-17-18-19;1-2;;;;;;;;;;/h3,5-8,13H,9-11H2,1-2H3,(H,18,20,22);4,7-10H,5,11H2,1-3H3,(H,17,19,21);2*4,6-9H,10H2,1-3H3,(H,16,18,20);2H,1H3;2*1H4;1H3;;;;;;2*1H/q4*-1;;;;-1;;;;;;;/b12-6+;3*12-8+;;;;;;;;;;;/i;;;;;1T;;1T;;;;;;2*1+2. The zero-order chi connectivity index (χ0) is 68.7. The van der Waals surface area contributed by atoms with E-state index in [2.05, 4.69) is 107 Å². The van der Waals surface area contributed by atoms with E-state index >= 15 is 0 Å². The summed E-state index contributed by atoms with van der Waals surface area (Å²) in [6.45, 7) is 22.5. The first-order chi connectivity index (χ1) is 45.1. The van der Waals surface area contributed by atoms with Crippen LogP contribution in [0.25, 0.3) is 22.7 Å². The fourth-order valence-electron chi connectivity index (χ4n) is 8.32. The second kappa shape index (κ2) is 53.8. The Balaban J connectivity index is -0.000000283. The van der Waals surface area contributed by atoms with E-state index in [0.29, 0.717) is 49.4 Å². The number of aliphatic hydroxyl groups is 1. The van der Waals surface area contributed by atoms with Gasteiger partial charge in [0.05, 0.1) is 49.2 Å². The van der Waals surface area contributed by atoms with E-state index in [1.165, 1.54) is 44.5 Å². The molecular weight excluding hydrogens is 1620 g/mol. The van der Waals surface area contributed by atoms with E-state index < -0.39 is 0 Å². The van der Waals surface area contributed by atoms with Crippen molar-refractivity contribution in [1.29, 1.82) is 0 Å². The fourth-order valence-corrected chi connectivity index (χ4v) is 8.32. The number of hydrogen-bond donors (Lipinski definition) is 5. The zero-order valence-electron chi connectivity index (χ0n) is 58.7. The van der Waals surface area contributed by atoms with Gasteiger partial charge in [-0.25, -0.2) is 40.9 Å². The van der Waals surface area contributed by atoms with Gasteiger partial charge in [-0.05, 0) is 127 Å². The number of H-pyrrole nitrogens is 4. The molecule has 0 amide bonds. The van der Waals surface area contributed by atoms with Gasteiger partial charge in [0.1, 0.15) is 0 Å². The minimum absolute atomic E-state index is 0. The summed E-state index contributed by atoms with van der Waals surface area (Å²) < 4.78 is 39.2. The second-order valence-corrected chi connectivity index (χ2v) is 19.2. The molecule has 25 nitrogen and oxygen atoms in total. The van der Waals surface area contributed by atoms with Crippen molar-refractivity contribution in [2.24, 2.45) is 0 Å². The summed E-state index contributed by atoms with van der Waals surface area (Å²) in [5.41, 5.74) is 9.30. The first-order valence-corrected chi connectivity index (χ1v) is 28.3. The first-order valence-electron chi connectivity index (χ1n) is 30.1. The summed E-state index contributed by atoms with van der Waals surface area (Å²) in [5, 5.41) is 45.6. The van der Waals surface area contributed by atoms with Crippen molar-refractivity contribution in [2.75, 3.05) is 7.11 Å². The topological polar surface area (TPSA) is 311 Å². The van der Waals surface area contributed by atoms with Gasteiger partial charge >= 0.3 is 22.8 Å². The Morgan fingerprint density at radius 1 is 0.505 bits per heavy atom. The number of rotatable bonds is 22. The minimum atomic E-state index is -0.378. The van der Waals surface area contributed by atoms with Gasteiger partial charge in [-0.3, -0.25) is 24.3 Å². The number of aliphatic hydroxyl groups excluding tert-OH is 1. The van der Waals surface area contributed by atoms with Crippen LogP contribution in [0.15, 0.2) is 164 Å². The van der Waals surface area contributed by atoms with Crippen LogP contribution < -0.4 is 22.8 Å². The van der Waals surface area contributed by atoms with Crippen LogP contribution in [0.1, 0.15) is 146 Å². The summed E-state index contributed by atoms with van der Waals surface area (Å²) in [7, 11) is 4.75. The number of aryl methyl sites for hydroxylation is 3. The fraction of sp³-hybridized carbons (Fsp3) is 0.328. The minimum Gasteiger partial charge on any atom is -0.579 e. The van der Waals surface area contributed by atoms with Crippen LogP contribution >= 0.6 is 0 Å². The van der Waals surface area contributed by atoms with Crippen molar-refractivity contribution < 1.29 is 193 Å². The predicted molar refractivity (Wildman–Crippen MR) is 359 cm³/mol. The van der Waals surface area contributed by atoms with Gasteiger partial charge in [0, 0.05) is 197 Å². The molecule has 0 unspecified atom stereocenters. The van der Waals surface area contributed by atoms with Crippen LogP contribution in [-0.2, 0) is 215 Å². The normalized spacial score (nSPS) is 11.8. The van der Waals surface area contributed by atoms with Gasteiger partial charge in [-0.1, -0.05) is 149 Å². The number of aromatic nitrogens is 16. The summed E-state index contributed by atoms with van der Waals surface area (Å²) in [5.74, 6) is 3.56. The van der Waals surface area contributed by atoms with E-state index in [0.717, 1.165) is 81.2 Å². The summed E-state index contributed by atoms with van der Waals surface area (Å²) in [4.78, 5) is 47.0. The summed E-state index contributed by atoms with van der Waals surface area (Å²) in [6.07, 6.45) is 29.4. The number of hydrogen-bond acceptors (Lipinski definition) is 17. The molecule has 513 valence electrons. The SMILES string of the molecule is C.CC=[C-]/C=C(\C)OCc1c(C)cccc1-n1nn[nH]c1=O.CC=[C-]/C=C(\C)OCc1c(C)cccc1-n1nn[nH]c1=O.CC=[C-]/C=C(\C)OCc1c(C2CC2)cccc1-n1nn[nH]c1=O.CC=[C-]/C=C(\C)OCc1c(CC)cccc1-n1nn[nH]c1=O.CO.[3HH].[3HH].[3H]C.[3H][CH2-].[Y].[Y].[Y].[Y].[Y]. The number of benzene rings is 4. The van der Waals surface area contributed by atoms with Crippen LogP contribution in [0.2, 0.25) is 0 Å². The molecule has 4 aromatic heterocycles. The Kier molecular flexibility index (Phi) is 52.2. The molecule has 0 bridgehead atoms. The molecule has 1 saturated carbocycles. The van der Waals surface area contributed by atoms with Crippen LogP contribution in [0.4, 0.5) is 0 Å². The van der Waals surface area contributed by atoms with Crippen molar-refractivity contribution in [2.45, 2.75) is 143 Å². The Labute approximate surface area is 700 Å². The van der Waals surface area contributed by atoms with Gasteiger partial charge in [-0.15, -0.1) is 0 Å². The molecular formula is C67H91N16O9Y5-5. The number of allylic oxidation sites excluding steroid dienone is 16. The molecule has 1 fully saturated rings. The Morgan fingerprint density at radius 3 is 1.05 bits per heavy atom. The third-order valence-corrected chi connectivity index (χ3v) is 13.0. The molecule has 1 aliphatic carbocycles. The number of tetrazole rings is 4. The van der Waals surface area contributed by atoms with Crippen LogP contribution in [0.5, 0.6) is 0 Å². The average Bonchev–Trinajstić information content (AvgIpc) is 1.72. The molecule has 97 heavy (non-hydrogen) atoms. The van der Waals surface area contributed by atoms with E-state index in [9.17, 15) is 19.2 Å². The van der Waals surface area contributed by atoms with Gasteiger partial charge < -0.3 is 31.5 Å². The van der Waals surface area contributed by atoms with Crippen molar-refractivity contribution in [3.05, 3.63) is 263 Å². The van der Waals surface area contributed by atoms with Crippen LogP contribution in [-0.4, -0.2) is 93.0 Å². The molecule has 9 rings (SSSR count). The molecule has 0 spiro atoms. The molecule has 0 aliphatic heterocycles. The summed E-state index contributed by atoms with van der Waals surface area (Å²) in [6, 6.07) is 22.9. The maximum atomic E-state index is 11.9. The Hall–Kier alpha value is -5.04. The van der Waals surface area contributed by atoms with E-state index in [1.807, 2.05) is 148 Å². The molecule has 5 N–H and O–H groups in total. The molecule has 0 saturated heterocycles. The van der Waals surface area contributed by atoms with Gasteiger partial charge in [0.2, 0.25) is 0 Å². The first kappa shape index (κ1) is 94.0. The maximum Gasteiger partial charge on any atom is 0.365 e. The van der Waals surface area contributed by atoms with Gasteiger partial charge in [0.15, 0.2) is 0 Å². The molecule has 4 aromatic carbocycles. The summed E-state index contributed by atoms with van der Waals surface area (Å²) >= 11 is 0. The molecule has 1 aliphatic rings. The Morgan fingerprint density at radius 2 is 0.773 bits per heavy atom. The average molecular weight is 1720 g/mol. The quantitative estimate of drug-likeness (QED) is 0.0239. The van der Waals surface area contributed by atoms with Crippen molar-refractivity contribution >= 4 is 0 Å². The monoisotopic (exact) mass is 1720 g/mol. The predicted octanol–water partition coefficient (Wildman–Crippen LogP) is 10.9. The smallest absolute Gasteiger partial charge is 0.365 e. The van der Waals surface area contributed by atoms with Crippen LogP contribution in [0.3, 0.4) is 0 Å². The number of aromatic amines is 4. The zero-order valence-corrected chi connectivity index (χ0v) is 70.9. The number of nitrogens with zero attached hydrogens (tertiary/aromatic N) is 12. The molecule has 0 atom stereocenters. The largest absolute Gasteiger partial charge is 0.579 e. The molecule has 5 radical (unpaired) electrons. The van der Waals surface area contributed by atoms with E-state index in [-0.39, 0.29) is 197 Å².